The molecular formula is C29H33Cl2N3O5S. The summed E-state index contributed by atoms with van der Waals surface area (Å²) in [5.41, 5.74) is 0.740. The van der Waals surface area contributed by atoms with Gasteiger partial charge in [0.15, 0.2) is 0 Å². The molecule has 0 unspecified atom stereocenters. The summed E-state index contributed by atoms with van der Waals surface area (Å²) in [5, 5.41) is 3.45. The highest BCUT2D eigenvalue weighted by molar-refractivity contribution is 7.92. The number of carbonyl (C=O) groups excluding carboxylic acids is 2. The number of nitrogens with zero attached hydrogens (tertiary/aromatic N) is 2. The molecule has 0 saturated heterocycles. The van der Waals surface area contributed by atoms with Gasteiger partial charge in [0.2, 0.25) is 11.8 Å². The first-order valence-electron chi connectivity index (χ1n) is 12.8. The van der Waals surface area contributed by atoms with E-state index in [1.807, 2.05) is 20.8 Å². The van der Waals surface area contributed by atoms with Crippen LogP contribution in [0.3, 0.4) is 0 Å². The summed E-state index contributed by atoms with van der Waals surface area (Å²) in [5.74, 6) is -0.482. The molecule has 0 saturated carbocycles. The molecule has 11 heteroatoms. The fourth-order valence-corrected chi connectivity index (χ4v) is 5.90. The van der Waals surface area contributed by atoms with Crippen molar-refractivity contribution >= 4 is 50.7 Å². The highest BCUT2D eigenvalue weighted by atomic mass is 35.5. The highest BCUT2D eigenvalue weighted by Crippen LogP contribution is 2.28. The molecule has 0 bridgehead atoms. The lowest BCUT2D eigenvalue weighted by Crippen LogP contribution is -2.52. The van der Waals surface area contributed by atoms with Crippen LogP contribution in [-0.2, 0) is 26.2 Å². The van der Waals surface area contributed by atoms with E-state index in [4.69, 9.17) is 27.9 Å². The quantitative estimate of drug-likeness (QED) is 0.293. The number of para-hydroxylation sites is 1. The van der Waals surface area contributed by atoms with Crippen molar-refractivity contribution in [3.8, 4) is 5.75 Å². The minimum absolute atomic E-state index is 0.0149. The van der Waals surface area contributed by atoms with Gasteiger partial charge in [-0.2, -0.15) is 0 Å². The molecule has 3 aromatic rings. The first-order chi connectivity index (χ1) is 18.9. The van der Waals surface area contributed by atoms with Gasteiger partial charge in [-0.1, -0.05) is 47.5 Å². The highest BCUT2D eigenvalue weighted by Gasteiger charge is 2.33. The molecule has 0 radical (unpaired) electrons. The lowest BCUT2D eigenvalue weighted by Gasteiger charge is -2.32. The van der Waals surface area contributed by atoms with Gasteiger partial charge in [-0.25, -0.2) is 8.42 Å². The first kappa shape index (κ1) is 31.3. The first-order valence-corrected chi connectivity index (χ1v) is 15.0. The summed E-state index contributed by atoms with van der Waals surface area (Å²) in [6, 6.07) is 18.1. The van der Waals surface area contributed by atoms with Crippen molar-refractivity contribution in [2.24, 2.45) is 0 Å². The van der Waals surface area contributed by atoms with E-state index in [0.29, 0.717) is 33.7 Å². The van der Waals surface area contributed by atoms with Crippen molar-refractivity contribution in [1.29, 1.82) is 0 Å². The summed E-state index contributed by atoms with van der Waals surface area (Å²) in [7, 11) is -4.19. The van der Waals surface area contributed by atoms with Gasteiger partial charge in [0.1, 0.15) is 18.3 Å². The van der Waals surface area contributed by atoms with Gasteiger partial charge in [0, 0.05) is 28.2 Å². The van der Waals surface area contributed by atoms with E-state index < -0.39 is 34.4 Å². The maximum atomic E-state index is 13.9. The van der Waals surface area contributed by atoms with Gasteiger partial charge in [-0.3, -0.25) is 13.9 Å². The van der Waals surface area contributed by atoms with Crippen LogP contribution in [0.4, 0.5) is 5.69 Å². The molecule has 0 aliphatic carbocycles. The maximum absolute atomic E-state index is 13.9. The Bertz CT molecular complexity index is 1400. The molecule has 1 atom stereocenters. The molecule has 1 N–H and O–H groups in total. The third-order valence-electron chi connectivity index (χ3n) is 6.03. The summed E-state index contributed by atoms with van der Waals surface area (Å²) < 4.78 is 34.2. The zero-order valence-electron chi connectivity index (χ0n) is 22.8. The third-order valence-corrected chi connectivity index (χ3v) is 8.53. The molecule has 0 spiro atoms. The monoisotopic (exact) mass is 605 g/mol. The Morgan fingerprint density at radius 1 is 0.900 bits per heavy atom. The molecule has 0 aliphatic rings. The average Bonchev–Trinajstić information content (AvgIpc) is 2.91. The number of halogens is 2. The number of benzene rings is 3. The van der Waals surface area contributed by atoms with Crippen LogP contribution in [0, 0.1) is 0 Å². The second-order valence-corrected chi connectivity index (χ2v) is 12.0. The van der Waals surface area contributed by atoms with Gasteiger partial charge in [0.25, 0.3) is 10.0 Å². The van der Waals surface area contributed by atoms with Crippen molar-refractivity contribution in [2.45, 2.75) is 51.2 Å². The average molecular weight is 607 g/mol. The van der Waals surface area contributed by atoms with Gasteiger partial charge < -0.3 is 15.0 Å². The van der Waals surface area contributed by atoms with Crippen LogP contribution in [0.1, 0.15) is 33.3 Å². The second kappa shape index (κ2) is 13.9. The van der Waals surface area contributed by atoms with Crippen LogP contribution in [0.25, 0.3) is 0 Å². The number of hydrogen-bond acceptors (Lipinski definition) is 5. The number of sulfonamides is 1. The smallest absolute Gasteiger partial charge is 0.264 e. The molecule has 2 amide bonds. The van der Waals surface area contributed by atoms with Gasteiger partial charge in [0.05, 0.1) is 17.2 Å². The normalized spacial score (nSPS) is 12.1. The van der Waals surface area contributed by atoms with E-state index in [0.717, 1.165) is 4.31 Å². The Kier molecular flexibility index (Phi) is 10.8. The van der Waals surface area contributed by atoms with E-state index in [1.54, 1.807) is 67.6 Å². The SMILES string of the molecule is CCOc1ccc(S(=O)(=O)N(CC(=O)N(Cc2c(Cl)cccc2Cl)[C@@H](C)C(=O)NC(C)C)c2ccccc2)cc1. The molecule has 3 rings (SSSR count). The zero-order valence-corrected chi connectivity index (χ0v) is 25.1. The molecule has 0 fully saturated rings. The lowest BCUT2D eigenvalue weighted by molar-refractivity contribution is -0.139. The second-order valence-electron chi connectivity index (χ2n) is 9.31. The topological polar surface area (TPSA) is 96.0 Å². The third kappa shape index (κ3) is 7.68. The van der Waals surface area contributed by atoms with E-state index in [9.17, 15) is 18.0 Å². The summed E-state index contributed by atoms with van der Waals surface area (Å²) in [6.07, 6.45) is 0. The van der Waals surface area contributed by atoms with E-state index in [-0.39, 0.29) is 17.5 Å². The number of nitrogens with one attached hydrogen (secondary N) is 1. The minimum Gasteiger partial charge on any atom is -0.494 e. The van der Waals surface area contributed by atoms with Crippen LogP contribution in [-0.4, -0.2) is 50.4 Å². The van der Waals surface area contributed by atoms with Crippen molar-refractivity contribution in [2.75, 3.05) is 17.5 Å². The number of carbonyl (C=O) groups is 2. The molecule has 0 aromatic heterocycles. The van der Waals surface area contributed by atoms with Gasteiger partial charge in [-0.15, -0.1) is 0 Å². The van der Waals surface area contributed by atoms with Gasteiger partial charge >= 0.3 is 0 Å². The number of anilines is 1. The minimum atomic E-state index is -4.19. The number of hydrogen-bond donors (Lipinski definition) is 1. The zero-order chi connectivity index (χ0) is 29.4. The van der Waals surface area contributed by atoms with E-state index in [2.05, 4.69) is 5.32 Å². The lowest BCUT2D eigenvalue weighted by atomic mass is 10.1. The molecule has 3 aromatic carbocycles. The van der Waals surface area contributed by atoms with Crippen LogP contribution < -0.4 is 14.4 Å². The Morgan fingerprint density at radius 3 is 2.05 bits per heavy atom. The standard InChI is InChI=1S/C29H33Cl2N3O5S/c1-5-39-23-14-16-24(17-15-23)40(37,38)34(22-10-7-6-8-11-22)19-28(35)33(21(4)29(36)32-20(2)3)18-25-26(30)12-9-13-27(25)31/h6-17,20-21H,5,18-19H2,1-4H3,(H,32,36)/t21-/m0/s1. The van der Waals surface area contributed by atoms with Crippen LogP contribution in [0.5, 0.6) is 5.75 Å². The fourth-order valence-electron chi connectivity index (χ4n) is 3.97. The molecule has 40 heavy (non-hydrogen) atoms. The van der Waals surface area contributed by atoms with E-state index in [1.165, 1.54) is 17.0 Å². The number of ether oxygens (including phenoxy) is 1. The van der Waals surface area contributed by atoms with Crippen molar-refractivity contribution in [3.63, 3.8) is 0 Å². The van der Waals surface area contributed by atoms with Crippen LogP contribution >= 0.6 is 23.2 Å². The van der Waals surface area contributed by atoms with Crippen LogP contribution in [0.2, 0.25) is 10.0 Å². The predicted molar refractivity (Wildman–Crippen MR) is 158 cm³/mol. The van der Waals surface area contributed by atoms with Gasteiger partial charge in [-0.05, 0) is 76.2 Å². The van der Waals surface area contributed by atoms with E-state index >= 15 is 0 Å². The molecular weight excluding hydrogens is 573 g/mol. The summed E-state index contributed by atoms with van der Waals surface area (Å²) >= 11 is 12.8. The summed E-state index contributed by atoms with van der Waals surface area (Å²) in [6.45, 7) is 6.79. The fraction of sp³-hybridized carbons (Fsp3) is 0.310. The largest absolute Gasteiger partial charge is 0.494 e. The Balaban J connectivity index is 2.03. The summed E-state index contributed by atoms with van der Waals surface area (Å²) in [4.78, 5) is 28.2. The van der Waals surface area contributed by atoms with Crippen molar-refractivity contribution in [1.82, 2.24) is 10.2 Å². The Labute approximate surface area is 245 Å². The Morgan fingerprint density at radius 2 is 1.50 bits per heavy atom. The number of rotatable bonds is 12. The predicted octanol–water partition coefficient (Wildman–Crippen LogP) is 5.53. The number of amides is 2. The van der Waals surface area contributed by atoms with Crippen molar-refractivity contribution < 1.29 is 22.7 Å². The van der Waals surface area contributed by atoms with Crippen LogP contribution in [0.15, 0.2) is 77.7 Å². The molecule has 0 heterocycles. The maximum Gasteiger partial charge on any atom is 0.264 e. The van der Waals surface area contributed by atoms with Crippen molar-refractivity contribution in [3.05, 3.63) is 88.4 Å². The Hall–Kier alpha value is -3.27. The molecule has 214 valence electrons. The molecule has 8 nitrogen and oxygen atoms in total. The molecule has 0 aliphatic heterocycles.